The van der Waals surface area contributed by atoms with Gasteiger partial charge in [0.2, 0.25) is 0 Å². The van der Waals surface area contributed by atoms with Crippen LogP contribution in [-0.4, -0.2) is 21.1 Å². The summed E-state index contributed by atoms with van der Waals surface area (Å²) in [4.78, 5) is 15.6. The van der Waals surface area contributed by atoms with Gasteiger partial charge in [-0.25, -0.2) is 15.0 Å². The van der Waals surface area contributed by atoms with Crippen LogP contribution in [0.15, 0.2) is 168 Å². The predicted molar refractivity (Wildman–Crippen MR) is 200 cm³/mol. The lowest BCUT2D eigenvalue weighted by Crippen LogP contribution is -2.20. The molecule has 2 unspecified atom stereocenters. The highest BCUT2D eigenvalue weighted by atomic mass is 16.5. The summed E-state index contributed by atoms with van der Waals surface area (Å²) < 4.78 is 12.8. The first kappa shape index (κ1) is 28.4. The maximum atomic E-state index is 6.52. The molecular formula is C45H29N3O2. The number of fused-ring (bicyclic) bond motifs is 6. The number of benzene rings is 6. The zero-order chi connectivity index (χ0) is 33.0. The van der Waals surface area contributed by atoms with E-state index in [1.165, 1.54) is 5.56 Å². The Balaban J connectivity index is 1.15. The molecule has 1 aliphatic heterocycles. The molecule has 236 valence electrons. The Hall–Kier alpha value is -6.59. The van der Waals surface area contributed by atoms with Crippen molar-refractivity contribution in [3.8, 4) is 50.8 Å². The average Bonchev–Trinajstić information content (AvgIpc) is 3.77. The third-order valence-corrected chi connectivity index (χ3v) is 9.74. The summed E-state index contributed by atoms with van der Waals surface area (Å²) in [5.74, 6) is 2.64. The second-order valence-corrected chi connectivity index (χ2v) is 12.7. The fraction of sp³-hybridized carbons (Fsp3) is 0.0444. The summed E-state index contributed by atoms with van der Waals surface area (Å²) in [5.41, 5.74) is 10.2. The number of nitrogens with zero attached hydrogens (tertiary/aromatic N) is 3. The molecule has 0 fully saturated rings. The summed E-state index contributed by atoms with van der Waals surface area (Å²) in [6.07, 6.45) is 6.15. The van der Waals surface area contributed by atoms with E-state index in [2.05, 4.69) is 121 Å². The van der Waals surface area contributed by atoms with Crippen LogP contribution in [0, 0.1) is 0 Å². The van der Waals surface area contributed by atoms with E-state index in [1.807, 2.05) is 42.5 Å². The lowest BCUT2D eigenvalue weighted by Gasteiger charge is -2.22. The molecule has 2 atom stereocenters. The van der Waals surface area contributed by atoms with Crippen LogP contribution < -0.4 is 4.74 Å². The highest BCUT2D eigenvalue weighted by molar-refractivity contribution is 6.11. The zero-order valence-corrected chi connectivity index (χ0v) is 26.9. The number of hydrogen-bond donors (Lipinski definition) is 0. The molecule has 0 saturated heterocycles. The van der Waals surface area contributed by atoms with Crippen LogP contribution in [0.5, 0.6) is 5.75 Å². The minimum absolute atomic E-state index is 0.0761. The Labute approximate surface area is 288 Å². The first-order valence-electron chi connectivity index (χ1n) is 16.8. The molecule has 0 N–H and O–H groups in total. The van der Waals surface area contributed by atoms with E-state index >= 15 is 0 Å². The zero-order valence-electron chi connectivity index (χ0n) is 26.9. The summed E-state index contributed by atoms with van der Waals surface area (Å²) in [6, 6.07) is 50.0. The molecule has 0 spiro atoms. The molecule has 50 heavy (non-hydrogen) atoms. The standard InChI is InChI=1S/C45H29N3O2/c1-3-11-28(12-4-1)30-21-23-31(24-22-30)43-46-44(34-16-9-19-39-41(34)33-15-7-8-18-37(33)49-39)48-45(47-43)35-17-10-20-40-42(35)36-27-32(25-26-38(36)50-40)29-13-5-2-6-14-29/h1-27,40,42H. The highest BCUT2D eigenvalue weighted by Gasteiger charge is 2.39. The lowest BCUT2D eigenvalue weighted by molar-refractivity contribution is 0.271. The fourth-order valence-electron chi connectivity index (χ4n) is 7.34. The Kier molecular flexibility index (Phi) is 6.56. The minimum atomic E-state index is -0.161. The van der Waals surface area contributed by atoms with E-state index in [9.17, 15) is 0 Å². The minimum Gasteiger partial charge on any atom is -0.485 e. The second kappa shape index (κ2) is 11.5. The largest absolute Gasteiger partial charge is 0.485 e. The van der Waals surface area contributed by atoms with E-state index in [4.69, 9.17) is 24.1 Å². The van der Waals surface area contributed by atoms with Gasteiger partial charge in [-0.1, -0.05) is 133 Å². The van der Waals surface area contributed by atoms with Crippen LogP contribution in [0.2, 0.25) is 0 Å². The molecule has 0 saturated carbocycles. The fourth-order valence-corrected chi connectivity index (χ4v) is 7.34. The second-order valence-electron chi connectivity index (χ2n) is 12.7. The number of aromatic nitrogens is 3. The van der Waals surface area contributed by atoms with Crippen LogP contribution in [0.4, 0.5) is 0 Å². The maximum Gasteiger partial charge on any atom is 0.164 e. The van der Waals surface area contributed by atoms with E-state index in [0.717, 1.165) is 66.6 Å². The van der Waals surface area contributed by atoms with Gasteiger partial charge in [0.1, 0.15) is 23.0 Å². The van der Waals surface area contributed by atoms with Crippen molar-refractivity contribution in [3.63, 3.8) is 0 Å². The third kappa shape index (κ3) is 4.74. The normalized spacial score (nSPS) is 16.2. The van der Waals surface area contributed by atoms with Gasteiger partial charge < -0.3 is 9.15 Å². The molecule has 0 amide bonds. The van der Waals surface area contributed by atoms with Gasteiger partial charge in [0.05, 0.1) is 5.92 Å². The number of hydrogen-bond acceptors (Lipinski definition) is 5. The maximum absolute atomic E-state index is 6.52. The third-order valence-electron chi connectivity index (χ3n) is 9.74. The lowest BCUT2D eigenvalue weighted by atomic mass is 9.83. The van der Waals surface area contributed by atoms with Gasteiger partial charge in [-0.05, 0) is 52.6 Å². The van der Waals surface area contributed by atoms with E-state index in [-0.39, 0.29) is 12.0 Å². The summed E-state index contributed by atoms with van der Waals surface area (Å²) in [7, 11) is 0. The van der Waals surface area contributed by atoms with E-state index < -0.39 is 0 Å². The van der Waals surface area contributed by atoms with Gasteiger partial charge in [0, 0.05) is 33.0 Å². The van der Waals surface area contributed by atoms with Gasteiger partial charge in [0.25, 0.3) is 0 Å². The van der Waals surface area contributed by atoms with Gasteiger partial charge in [0.15, 0.2) is 17.5 Å². The SMILES string of the molecule is C1=CC2Oc3ccc(-c4ccccc4)cc3C2C(c2nc(-c3ccc(-c4ccccc4)cc3)nc(-c3cccc4oc5ccccc5c34)n2)=C1. The van der Waals surface area contributed by atoms with Crippen LogP contribution in [0.3, 0.4) is 0 Å². The molecular weight excluding hydrogens is 615 g/mol. The molecule has 5 heteroatoms. The Bertz CT molecular complexity index is 2620. The average molecular weight is 644 g/mol. The monoisotopic (exact) mass is 643 g/mol. The van der Waals surface area contributed by atoms with Crippen molar-refractivity contribution >= 4 is 27.5 Å². The van der Waals surface area contributed by atoms with Crippen LogP contribution in [0.1, 0.15) is 17.3 Å². The molecule has 2 aromatic heterocycles. The van der Waals surface area contributed by atoms with Gasteiger partial charge in [-0.15, -0.1) is 0 Å². The van der Waals surface area contributed by atoms with Crippen molar-refractivity contribution in [1.82, 2.24) is 15.0 Å². The molecule has 3 heterocycles. The topological polar surface area (TPSA) is 61.0 Å². The number of ether oxygens (including phenoxy) is 1. The predicted octanol–water partition coefficient (Wildman–Crippen LogP) is 10.9. The molecule has 10 rings (SSSR count). The van der Waals surface area contributed by atoms with Gasteiger partial charge >= 0.3 is 0 Å². The van der Waals surface area contributed by atoms with Crippen molar-refractivity contribution in [1.29, 1.82) is 0 Å². The van der Waals surface area contributed by atoms with Crippen LogP contribution in [0.25, 0.3) is 72.5 Å². The number of rotatable bonds is 5. The summed E-state index contributed by atoms with van der Waals surface area (Å²) in [5, 5.41) is 2.02. The van der Waals surface area contributed by atoms with Gasteiger partial charge in [-0.2, -0.15) is 0 Å². The molecule has 8 aromatic rings. The van der Waals surface area contributed by atoms with E-state index in [1.54, 1.807) is 0 Å². The van der Waals surface area contributed by atoms with Crippen molar-refractivity contribution in [2.45, 2.75) is 12.0 Å². The van der Waals surface area contributed by atoms with Crippen LogP contribution in [-0.2, 0) is 0 Å². The van der Waals surface area contributed by atoms with Crippen molar-refractivity contribution in [2.24, 2.45) is 0 Å². The highest BCUT2D eigenvalue weighted by Crippen LogP contribution is 2.49. The van der Waals surface area contributed by atoms with Gasteiger partial charge in [-0.3, -0.25) is 0 Å². The Morgan fingerprint density at radius 1 is 0.500 bits per heavy atom. The molecule has 6 aromatic carbocycles. The molecule has 0 bridgehead atoms. The molecule has 2 aliphatic rings. The van der Waals surface area contributed by atoms with E-state index in [0.29, 0.717) is 17.5 Å². The number of allylic oxidation sites excluding steroid dienone is 2. The molecule has 5 nitrogen and oxygen atoms in total. The number of furan rings is 1. The summed E-state index contributed by atoms with van der Waals surface area (Å²) >= 11 is 0. The molecule has 0 radical (unpaired) electrons. The summed E-state index contributed by atoms with van der Waals surface area (Å²) in [6.45, 7) is 0. The smallest absolute Gasteiger partial charge is 0.164 e. The van der Waals surface area contributed by atoms with Crippen molar-refractivity contribution in [2.75, 3.05) is 0 Å². The van der Waals surface area contributed by atoms with Crippen LogP contribution >= 0.6 is 0 Å². The Morgan fingerprint density at radius 3 is 1.96 bits per heavy atom. The number of para-hydroxylation sites is 1. The molecule has 1 aliphatic carbocycles. The Morgan fingerprint density at radius 2 is 1.14 bits per heavy atom. The first-order valence-corrected chi connectivity index (χ1v) is 16.8. The van der Waals surface area contributed by atoms with Crippen molar-refractivity contribution in [3.05, 3.63) is 175 Å². The quantitative estimate of drug-likeness (QED) is 0.187. The first-order chi connectivity index (χ1) is 24.8. The van der Waals surface area contributed by atoms with Crippen molar-refractivity contribution < 1.29 is 9.15 Å².